The molecule has 0 saturated heterocycles. The molecule has 0 spiro atoms. The Morgan fingerprint density at radius 2 is 1.85 bits per heavy atom. The molecule has 0 fully saturated rings. The van der Waals surface area contributed by atoms with Gasteiger partial charge in [-0.15, -0.1) is 10.2 Å². The van der Waals surface area contributed by atoms with Crippen LogP contribution in [-0.2, 0) is 11.3 Å². The standard InChI is InChI=1S/C26H24N4O3S/c1-17-7-6-8-20(13-17)24-28-29-26(30(24)21-9-4-3-5-10-21)34-18(2)25(31)27-15-19-11-12-22-23(14-19)33-16-32-22/h3-14,18H,15-16H2,1-2H3,(H,27,31). The van der Waals surface area contributed by atoms with Crippen LogP contribution in [0.5, 0.6) is 11.5 Å². The van der Waals surface area contributed by atoms with E-state index in [2.05, 4.69) is 34.6 Å². The summed E-state index contributed by atoms with van der Waals surface area (Å²) in [5.41, 5.74) is 4.01. The maximum Gasteiger partial charge on any atom is 0.233 e. The van der Waals surface area contributed by atoms with Crippen molar-refractivity contribution in [2.45, 2.75) is 30.8 Å². The zero-order chi connectivity index (χ0) is 23.5. The summed E-state index contributed by atoms with van der Waals surface area (Å²) in [6.07, 6.45) is 0. The Morgan fingerprint density at radius 3 is 2.68 bits per heavy atom. The van der Waals surface area contributed by atoms with Crippen molar-refractivity contribution in [3.63, 3.8) is 0 Å². The van der Waals surface area contributed by atoms with Crippen LogP contribution in [-0.4, -0.2) is 32.7 Å². The second-order valence-corrected chi connectivity index (χ2v) is 9.32. The smallest absolute Gasteiger partial charge is 0.233 e. The number of rotatable bonds is 7. The number of ether oxygens (including phenoxy) is 2. The number of carbonyl (C=O) groups is 1. The summed E-state index contributed by atoms with van der Waals surface area (Å²) >= 11 is 1.38. The van der Waals surface area contributed by atoms with Gasteiger partial charge in [0.2, 0.25) is 12.7 Å². The Labute approximate surface area is 202 Å². The third-order valence-corrected chi connectivity index (χ3v) is 6.52. The van der Waals surface area contributed by atoms with Crippen molar-refractivity contribution in [3.8, 4) is 28.6 Å². The number of para-hydroxylation sites is 1. The molecule has 0 aliphatic carbocycles. The molecule has 1 N–H and O–H groups in total. The molecule has 0 bridgehead atoms. The maximum atomic E-state index is 12.9. The van der Waals surface area contributed by atoms with E-state index in [-0.39, 0.29) is 18.0 Å². The van der Waals surface area contributed by atoms with E-state index < -0.39 is 0 Å². The van der Waals surface area contributed by atoms with Gasteiger partial charge in [0.25, 0.3) is 0 Å². The summed E-state index contributed by atoms with van der Waals surface area (Å²) in [5, 5.41) is 12.2. The molecular formula is C26H24N4O3S. The number of hydrogen-bond acceptors (Lipinski definition) is 6. The van der Waals surface area contributed by atoms with Crippen molar-refractivity contribution < 1.29 is 14.3 Å². The average Bonchev–Trinajstić information content (AvgIpc) is 3.49. The molecule has 3 aromatic carbocycles. The molecule has 1 atom stereocenters. The number of aryl methyl sites for hydroxylation is 1. The third kappa shape index (κ3) is 4.63. The summed E-state index contributed by atoms with van der Waals surface area (Å²) in [4.78, 5) is 12.9. The van der Waals surface area contributed by atoms with Crippen LogP contribution in [0.4, 0.5) is 0 Å². The maximum absolute atomic E-state index is 12.9. The molecule has 0 saturated carbocycles. The number of nitrogens with one attached hydrogen (secondary N) is 1. The Hall–Kier alpha value is -3.78. The molecule has 8 heteroatoms. The van der Waals surface area contributed by atoms with Gasteiger partial charge in [-0.3, -0.25) is 9.36 Å². The molecular weight excluding hydrogens is 448 g/mol. The van der Waals surface area contributed by atoms with Crippen molar-refractivity contribution in [3.05, 3.63) is 83.9 Å². The average molecular weight is 473 g/mol. The summed E-state index contributed by atoms with van der Waals surface area (Å²) in [6.45, 7) is 4.55. The van der Waals surface area contributed by atoms with Crippen LogP contribution in [0.1, 0.15) is 18.1 Å². The van der Waals surface area contributed by atoms with Gasteiger partial charge in [-0.2, -0.15) is 0 Å². The number of aromatic nitrogens is 3. The van der Waals surface area contributed by atoms with Crippen molar-refractivity contribution >= 4 is 17.7 Å². The highest BCUT2D eigenvalue weighted by Crippen LogP contribution is 2.33. The number of amides is 1. The largest absolute Gasteiger partial charge is 0.454 e. The highest BCUT2D eigenvalue weighted by atomic mass is 32.2. The van der Waals surface area contributed by atoms with Crippen LogP contribution < -0.4 is 14.8 Å². The topological polar surface area (TPSA) is 78.3 Å². The first-order valence-electron chi connectivity index (χ1n) is 11.0. The van der Waals surface area contributed by atoms with Crippen molar-refractivity contribution in [1.82, 2.24) is 20.1 Å². The molecule has 0 radical (unpaired) electrons. The number of fused-ring (bicyclic) bond motifs is 1. The van der Waals surface area contributed by atoms with Gasteiger partial charge in [0, 0.05) is 17.8 Å². The minimum absolute atomic E-state index is 0.0811. The lowest BCUT2D eigenvalue weighted by atomic mass is 10.1. The Balaban J connectivity index is 1.34. The summed E-state index contributed by atoms with van der Waals surface area (Å²) in [7, 11) is 0. The van der Waals surface area contributed by atoms with Crippen LogP contribution in [0.2, 0.25) is 0 Å². The Bertz CT molecular complexity index is 1320. The molecule has 1 aromatic heterocycles. The number of thioether (sulfide) groups is 1. The van der Waals surface area contributed by atoms with Crippen LogP contribution in [0, 0.1) is 6.92 Å². The second-order valence-electron chi connectivity index (χ2n) is 8.01. The molecule has 1 aliphatic heterocycles. The first-order valence-corrected chi connectivity index (χ1v) is 11.9. The van der Waals surface area contributed by atoms with Gasteiger partial charge in [0.05, 0.1) is 5.25 Å². The Kier molecular flexibility index (Phi) is 6.22. The molecule has 5 rings (SSSR count). The van der Waals surface area contributed by atoms with E-state index in [1.807, 2.05) is 72.2 Å². The van der Waals surface area contributed by atoms with Crippen molar-refractivity contribution in [1.29, 1.82) is 0 Å². The summed E-state index contributed by atoms with van der Waals surface area (Å²) in [5.74, 6) is 2.09. The van der Waals surface area contributed by atoms with E-state index >= 15 is 0 Å². The SMILES string of the molecule is Cc1cccc(-c2nnc(SC(C)C(=O)NCc3ccc4c(c3)OCO4)n2-c2ccccc2)c1. The minimum atomic E-state index is -0.369. The fraction of sp³-hybridized carbons (Fsp3) is 0.192. The quantitative estimate of drug-likeness (QED) is 0.391. The van der Waals surface area contributed by atoms with Gasteiger partial charge in [-0.25, -0.2) is 0 Å². The zero-order valence-corrected chi connectivity index (χ0v) is 19.7. The first kappa shape index (κ1) is 22.0. The third-order valence-electron chi connectivity index (χ3n) is 5.48. The van der Waals surface area contributed by atoms with Gasteiger partial charge in [0.15, 0.2) is 22.5 Å². The Morgan fingerprint density at radius 1 is 1.03 bits per heavy atom. The van der Waals surface area contributed by atoms with Crippen LogP contribution in [0.3, 0.4) is 0 Å². The van der Waals surface area contributed by atoms with Gasteiger partial charge in [-0.1, -0.05) is 59.8 Å². The fourth-order valence-corrected chi connectivity index (χ4v) is 4.61. The molecule has 1 unspecified atom stereocenters. The lowest BCUT2D eigenvalue weighted by Gasteiger charge is -2.14. The van der Waals surface area contributed by atoms with Crippen LogP contribution >= 0.6 is 11.8 Å². The highest BCUT2D eigenvalue weighted by molar-refractivity contribution is 8.00. The van der Waals surface area contributed by atoms with E-state index in [0.717, 1.165) is 34.0 Å². The molecule has 172 valence electrons. The molecule has 2 heterocycles. The summed E-state index contributed by atoms with van der Waals surface area (Å²) < 4.78 is 12.8. The lowest BCUT2D eigenvalue weighted by molar-refractivity contribution is -0.120. The van der Waals surface area contributed by atoms with E-state index in [1.165, 1.54) is 11.8 Å². The zero-order valence-electron chi connectivity index (χ0n) is 18.9. The number of carbonyl (C=O) groups excluding carboxylic acids is 1. The molecule has 34 heavy (non-hydrogen) atoms. The van der Waals surface area contributed by atoms with E-state index in [1.54, 1.807) is 0 Å². The number of hydrogen-bond donors (Lipinski definition) is 1. The van der Waals surface area contributed by atoms with E-state index in [0.29, 0.717) is 17.5 Å². The highest BCUT2D eigenvalue weighted by Gasteiger charge is 2.22. The van der Waals surface area contributed by atoms with Gasteiger partial charge >= 0.3 is 0 Å². The second kappa shape index (κ2) is 9.61. The van der Waals surface area contributed by atoms with Gasteiger partial charge in [-0.05, 0) is 49.7 Å². The van der Waals surface area contributed by atoms with E-state index in [4.69, 9.17) is 9.47 Å². The van der Waals surface area contributed by atoms with Crippen molar-refractivity contribution in [2.75, 3.05) is 6.79 Å². The van der Waals surface area contributed by atoms with Gasteiger partial charge < -0.3 is 14.8 Å². The predicted molar refractivity (Wildman–Crippen MR) is 131 cm³/mol. The monoisotopic (exact) mass is 472 g/mol. The van der Waals surface area contributed by atoms with Crippen molar-refractivity contribution in [2.24, 2.45) is 0 Å². The first-order chi connectivity index (χ1) is 16.6. The fourth-order valence-electron chi connectivity index (χ4n) is 3.72. The van der Waals surface area contributed by atoms with E-state index in [9.17, 15) is 4.79 Å². The predicted octanol–water partition coefficient (Wildman–Crippen LogP) is 4.77. The normalized spacial score (nSPS) is 13.0. The number of benzene rings is 3. The minimum Gasteiger partial charge on any atom is -0.454 e. The number of nitrogens with zero attached hydrogens (tertiary/aromatic N) is 3. The lowest BCUT2D eigenvalue weighted by Crippen LogP contribution is -2.30. The van der Waals surface area contributed by atoms with Crippen LogP contribution in [0.25, 0.3) is 17.1 Å². The molecule has 1 aliphatic rings. The summed E-state index contributed by atoms with van der Waals surface area (Å²) in [6, 6.07) is 23.8. The van der Waals surface area contributed by atoms with Crippen LogP contribution in [0.15, 0.2) is 78.0 Å². The molecule has 1 amide bonds. The van der Waals surface area contributed by atoms with Gasteiger partial charge in [0.1, 0.15) is 0 Å². The molecule has 7 nitrogen and oxygen atoms in total. The molecule has 4 aromatic rings.